The minimum absolute atomic E-state index is 0.429. The molecule has 6 aromatic carbocycles. The molecule has 1 N–H and O–H groups in total. The SMILES string of the molecule is c1ccc(C2=NC(c3cccc4c3oc3cccc(-c5ccccc5)c34)=NC(n3c4ccccc4c4ccccc43)N2)cc1. The number of nitrogens with one attached hydrogen (secondary N) is 1. The molecule has 8 aromatic rings. The number of hydrogen-bond donors (Lipinski definition) is 1. The Morgan fingerprint density at radius 3 is 1.86 bits per heavy atom. The molecule has 0 aliphatic carbocycles. The van der Waals surface area contributed by atoms with Crippen molar-refractivity contribution in [3.8, 4) is 11.1 Å². The fourth-order valence-corrected chi connectivity index (χ4v) is 6.53. The van der Waals surface area contributed by atoms with E-state index in [1.807, 2.05) is 30.3 Å². The van der Waals surface area contributed by atoms with Crippen LogP contribution in [0.2, 0.25) is 0 Å². The summed E-state index contributed by atoms with van der Waals surface area (Å²) in [5.74, 6) is 1.39. The Morgan fingerprint density at radius 1 is 0.545 bits per heavy atom. The van der Waals surface area contributed by atoms with E-state index in [4.69, 9.17) is 14.4 Å². The van der Waals surface area contributed by atoms with Crippen LogP contribution < -0.4 is 5.32 Å². The smallest absolute Gasteiger partial charge is 0.204 e. The Kier molecular flexibility index (Phi) is 5.50. The maximum Gasteiger partial charge on any atom is 0.204 e. The van der Waals surface area contributed by atoms with E-state index in [0.717, 1.165) is 61.1 Å². The monoisotopic (exact) mass is 566 g/mol. The maximum atomic E-state index is 6.63. The fourth-order valence-electron chi connectivity index (χ4n) is 6.53. The molecule has 0 radical (unpaired) electrons. The summed E-state index contributed by atoms with van der Waals surface area (Å²) in [7, 11) is 0. The number of nitrogens with zero attached hydrogens (tertiary/aromatic N) is 3. The Balaban J connectivity index is 1.29. The van der Waals surface area contributed by atoms with Crippen LogP contribution in [0.4, 0.5) is 0 Å². The van der Waals surface area contributed by atoms with Gasteiger partial charge in [-0.3, -0.25) is 0 Å². The van der Waals surface area contributed by atoms with Crippen LogP contribution in [0.15, 0.2) is 160 Å². The molecule has 0 bridgehead atoms. The lowest BCUT2D eigenvalue weighted by atomic mass is 9.99. The van der Waals surface area contributed by atoms with Crippen molar-refractivity contribution < 1.29 is 4.42 Å². The van der Waals surface area contributed by atoms with Gasteiger partial charge in [-0.1, -0.05) is 121 Å². The number of furan rings is 1. The lowest BCUT2D eigenvalue weighted by Gasteiger charge is -2.25. The highest BCUT2D eigenvalue weighted by Crippen LogP contribution is 2.39. The van der Waals surface area contributed by atoms with Crippen LogP contribution >= 0.6 is 0 Å². The molecule has 5 heteroatoms. The van der Waals surface area contributed by atoms with E-state index < -0.39 is 6.29 Å². The van der Waals surface area contributed by atoms with Crippen LogP contribution in [0.3, 0.4) is 0 Å². The van der Waals surface area contributed by atoms with Gasteiger partial charge in [0.1, 0.15) is 17.0 Å². The van der Waals surface area contributed by atoms with Crippen molar-refractivity contribution in [2.24, 2.45) is 9.98 Å². The zero-order valence-corrected chi connectivity index (χ0v) is 23.7. The molecule has 0 spiro atoms. The largest absolute Gasteiger partial charge is 0.455 e. The summed E-state index contributed by atoms with van der Waals surface area (Å²) < 4.78 is 8.90. The second kappa shape index (κ2) is 9.82. The number of fused-ring (bicyclic) bond motifs is 6. The molecule has 1 aliphatic rings. The van der Waals surface area contributed by atoms with E-state index in [1.54, 1.807) is 0 Å². The second-order valence-corrected chi connectivity index (χ2v) is 11.0. The Hall–Kier alpha value is -5.94. The summed E-state index contributed by atoms with van der Waals surface area (Å²) in [5, 5.41) is 8.18. The lowest BCUT2D eigenvalue weighted by Crippen LogP contribution is -2.36. The van der Waals surface area contributed by atoms with Gasteiger partial charge in [-0.25, -0.2) is 9.98 Å². The zero-order valence-electron chi connectivity index (χ0n) is 23.7. The molecule has 0 saturated carbocycles. The first kappa shape index (κ1) is 24.6. The van der Waals surface area contributed by atoms with E-state index in [1.165, 1.54) is 10.8 Å². The van der Waals surface area contributed by atoms with Crippen LogP contribution in [0.1, 0.15) is 17.4 Å². The van der Waals surface area contributed by atoms with E-state index >= 15 is 0 Å². The standard InChI is InChI=1S/C39H26N4O/c1-3-13-25(14-4-1)27-19-12-24-34-35(27)30-20-11-21-31(36(30)44-34)38-40-37(26-15-5-2-6-16-26)41-39(42-38)43-32-22-9-7-17-28(32)29-18-8-10-23-33(29)43/h1-24,39H,(H,40,41,42). The van der Waals surface area contributed by atoms with Crippen LogP contribution in [0.25, 0.3) is 54.9 Å². The number of hydrogen-bond acceptors (Lipinski definition) is 4. The average Bonchev–Trinajstić information content (AvgIpc) is 3.65. The zero-order chi connectivity index (χ0) is 29.0. The van der Waals surface area contributed by atoms with Crippen LogP contribution in [0, 0.1) is 0 Å². The van der Waals surface area contributed by atoms with Gasteiger partial charge in [-0.15, -0.1) is 0 Å². The molecule has 208 valence electrons. The number of benzene rings is 6. The molecule has 0 fully saturated rings. The van der Waals surface area contributed by atoms with Gasteiger partial charge in [0, 0.05) is 27.1 Å². The predicted octanol–water partition coefficient (Wildman–Crippen LogP) is 9.31. The van der Waals surface area contributed by atoms with Gasteiger partial charge in [-0.2, -0.15) is 0 Å². The molecule has 0 saturated heterocycles. The van der Waals surface area contributed by atoms with E-state index in [2.05, 4.69) is 125 Å². The summed E-state index contributed by atoms with van der Waals surface area (Å²) in [6.07, 6.45) is -0.429. The van der Waals surface area contributed by atoms with Crippen molar-refractivity contribution in [3.05, 3.63) is 157 Å². The van der Waals surface area contributed by atoms with Crippen LogP contribution in [-0.2, 0) is 0 Å². The van der Waals surface area contributed by atoms with Crippen LogP contribution in [-0.4, -0.2) is 16.2 Å². The molecule has 0 amide bonds. The van der Waals surface area contributed by atoms with Gasteiger partial charge >= 0.3 is 0 Å². The number of para-hydroxylation sites is 3. The molecule has 9 rings (SSSR count). The van der Waals surface area contributed by atoms with Crippen LogP contribution in [0.5, 0.6) is 0 Å². The van der Waals surface area contributed by atoms with Crippen molar-refractivity contribution in [1.82, 2.24) is 9.88 Å². The molecular weight excluding hydrogens is 540 g/mol. The first-order valence-corrected chi connectivity index (χ1v) is 14.8. The molecule has 1 unspecified atom stereocenters. The highest BCUT2D eigenvalue weighted by Gasteiger charge is 2.26. The van der Waals surface area contributed by atoms with Gasteiger partial charge in [0.05, 0.1) is 16.6 Å². The summed E-state index contributed by atoms with van der Waals surface area (Å²) in [5.41, 5.74) is 7.99. The van der Waals surface area contributed by atoms with Gasteiger partial charge in [0.15, 0.2) is 5.84 Å². The quantitative estimate of drug-likeness (QED) is 0.231. The Labute approximate surface area is 253 Å². The van der Waals surface area contributed by atoms with Crippen molar-refractivity contribution in [2.45, 2.75) is 6.29 Å². The van der Waals surface area contributed by atoms with Crippen molar-refractivity contribution >= 4 is 55.4 Å². The number of aliphatic imine (C=N–C) groups is 2. The molecule has 3 heterocycles. The number of aromatic nitrogens is 1. The molecule has 44 heavy (non-hydrogen) atoms. The van der Waals surface area contributed by atoms with E-state index in [9.17, 15) is 0 Å². The third-order valence-electron chi connectivity index (χ3n) is 8.49. The summed E-state index contributed by atoms with van der Waals surface area (Å²) in [6.45, 7) is 0. The minimum atomic E-state index is -0.429. The predicted molar refractivity (Wildman–Crippen MR) is 180 cm³/mol. The van der Waals surface area contributed by atoms with Gasteiger partial charge in [-0.05, 0) is 35.4 Å². The molecule has 2 aromatic heterocycles. The first-order valence-electron chi connectivity index (χ1n) is 14.8. The maximum absolute atomic E-state index is 6.63. The minimum Gasteiger partial charge on any atom is -0.455 e. The fraction of sp³-hybridized carbons (Fsp3) is 0.0256. The highest BCUT2D eigenvalue weighted by atomic mass is 16.3. The van der Waals surface area contributed by atoms with Gasteiger partial charge in [0.25, 0.3) is 0 Å². The molecular formula is C39H26N4O. The Bertz CT molecular complexity index is 2360. The summed E-state index contributed by atoms with van der Waals surface area (Å²) in [6, 6.07) is 50.2. The van der Waals surface area contributed by atoms with Crippen molar-refractivity contribution in [2.75, 3.05) is 0 Å². The van der Waals surface area contributed by atoms with Crippen molar-refractivity contribution in [3.63, 3.8) is 0 Å². The van der Waals surface area contributed by atoms with E-state index in [-0.39, 0.29) is 0 Å². The molecule has 1 atom stereocenters. The normalized spacial score (nSPS) is 15.0. The summed E-state index contributed by atoms with van der Waals surface area (Å²) in [4.78, 5) is 10.4. The molecule has 5 nitrogen and oxygen atoms in total. The molecule has 1 aliphatic heterocycles. The highest BCUT2D eigenvalue weighted by molar-refractivity contribution is 6.21. The number of amidine groups is 2. The second-order valence-electron chi connectivity index (χ2n) is 11.0. The number of rotatable bonds is 4. The first-order chi connectivity index (χ1) is 21.8. The summed E-state index contributed by atoms with van der Waals surface area (Å²) >= 11 is 0. The van der Waals surface area contributed by atoms with E-state index in [0.29, 0.717) is 5.84 Å². The van der Waals surface area contributed by atoms with Gasteiger partial charge < -0.3 is 14.3 Å². The topological polar surface area (TPSA) is 54.8 Å². The van der Waals surface area contributed by atoms with Crippen molar-refractivity contribution in [1.29, 1.82) is 0 Å². The average molecular weight is 567 g/mol. The third kappa shape index (κ3) is 3.80. The third-order valence-corrected chi connectivity index (χ3v) is 8.49. The Morgan fingerprint density at radius 2 is 1.14 bits per heavy atom. The van der Waals surface area contributed by atoms with Gasteiger partial charge in [0.2, 0.25) is 6.29 Å². The lowest BCUT2D eigenvalue weighted by molar-refractivity contribution is 0.515.